The number of nitrogens with zero attached hydrogens (tertiary/aromatic N) is 5. The van der Waals surface area contributed by atoms with Crippen LogP contribution in [0.2, 0.25) is 0 Å². The van der Waals surface area contributed by atoms with Crippen molar-refractivity contribution in [3.63, 3.8) is 0 Å². The summed E-state index contributed by atoms with van der Waals surface area (Å²) in [6.45, 7) is 1.49. The van der Waals surface area contributed by atoms with E-state index >= 15 is 0 Å². The van der Waals surface area contributed by atoms with Gasteiger partial charge in [-0.15, -0.1) is 12.4 Å². The van der Waals surface area contributed by atoms with Crippen molar-refractivity contribution >= 4 is 18.3 Å². The highest BCUT2D eigenvalue weighted by atomic mass is 35.5. The molecule has 0 aromatic heterocycles. The van der Waals surface area contributed by atoms with Crippen LogP contribution < -0.4 is 5.73 Å². The zero-order chi connectivity index (χ0) is 18.1. The molecule has 27 heavy (non-hydrogen) atoms. The van der Waals surface area contributed by atoms with Gasteiger partial charge in [0.15, 0.2) is 0 Å². The number of nitrogens with two attached hydrogens (primary N) is 1. The molecule has 1 unspecified atom stereocenters. The van der Waals surface area contributed by atoms with Crippen molar-refractivity contribution in [2.75, 3.05) is 13.1 Å². The van der Waals surface area contributed by atoms with Crippen molar-refractivity contribution in [1.82, 2.24) is 9.91 Å². The third kappa shape index (κ3) is 4.23. The minimum absolute atomic E-state index is 0. The lowest BCUT2D eigenvalue weighted by atomic mass is 10.0. The first-order valence-electron chi connectivity index (χ1n) is 9.37. The van der Waals surface area contributed by atoms with E-state index in [9.17, 15) is 4.79 Å². The maximum absolute atomic E-state index is 12.5. The summed E-state index contributed by atoms with van der Waals surface area (Å²) >= 11 is 0. The van der Waals surface area contributed by atoms with Crippen LogP contribution in [0.3, 0.4) is 0 Å². The quantitative estimate of drug-likeness (QED) is 0.837. The van der Waals surface area contributed by atoms with Crippen molar-refractivity contribution in [3.05, 3.63) is 35.4 Å². The third-order valence-corrected chi connectivity index (χ3v) is 5.46. The normalized spacial score (nSPS) is 25.2. The summed E-state index contributed by atoms with van der Waals surface area (Å²) in [5.41, 5.74) is 8.29. The Morgan fingerprint density at radius 3 is 2.70 bits per heavy atom. The van der Waals surface area contributed by atoms with Crippen LogP contribution >= 0.6 is 12.4 Å². The highest BCUT2D eigenvalue weighted by Crippen LogP contribution is 2.34. The monoisotopic (exact) mass is 388 g/mol. The Balaban J connectivity index is 0.00000210. The molecule has 1 amide bonds. The highest BCUT2D eigenvalue weighted by molar-refractivity contribution is 5.85. The number of nitriles is 1. The smallest absolute Gasteiger partial charge is 0.240 e. The lowest BCUT2D eigenvalue weighted by Gasteiger charge is -2.23. The van der Waals surface area contributed by atoms with E-state index < -0.39 is 6.04 Å². The SMILES string of the molecule is Cl.N#C[C@@H]1CCCN1C(=O)[C@@H](N)Cc1ccc(C2CN(C3CC3)N=N2)cc1. The summed E-state index contributed by atoms with van der Waals surface area (Å²) in [6.07, 6.45) is 4.55. The zero-order valence-corrected chi connectivity index (χ0v) is 16.0. The Hall–Kier alpha value is -2.17. The summed E-state index contributed by atoms with van der Waals surface area (Å²) in [7, 11) is 0. The first-order chi connectivity index (χ1) is 12.7. The second kappa shape index (κ2) is 8.24. The Kier molecular flexibility index (Phi) is 5.98. The summed E-state index contributed by atoms with van der Waals surface area (Å²) in [4.78, 5) is 14.1. The molecular formula is C19H25ClN6O. The second-order valence-corrected chi connectivity index (χ2v) is 7.44. The summed E-state index contributed by atoms with van der Waals surface area (Å²) in [5, 5.41) is 19.9. The van der Waals surface area contributed by atoms with Gasteiger partial charge in [-0.2, -0.15) is 10.4 Å². The predicted molar refractivity (Wildman–Crippen MR) is 103 cm³/mol. The number of rotatable bonds is 5. The Morgan fingerprint density at radius 1 is 1.30 bits per heavy atom. The largest absolute Gasteiger partial charge is 0.325 e. The standard InChI is InChI=1S/C19H24N6O.ClH/c20-11-16-2-1-9-24(16)19(26)17(21)10-13-3-5-14(6-4-13)18-12-25(23-22-18)15-7-8-15;/h3-6,15-18H,1-2,7-10,12,21H2;1H/t16-,17-,18?;/m0./s1. The van der Waals surface area contributed by atoms with Gasteiger partial charge in [0.05, 0.1) is 18.7 Å². The zero-order valence-electron chi connectivity index (χ0n) is 15.2. The number of carbonyl (C=O) groups is 1. The van der Waals surface area contributed by atoms with E-state index in [1.807, 2.05) is 12.1 Å². The molecule has 1 saturated heterocycles. The van der Waals surface area contributed by atoms with Gasteiger partial charge in [0.1, 0.15) is 12.1 Å². The van der Waals surface area contributed by atoms with Crippen molar-refractivity contribution in [1.29, 1.82) is 5.26 Å². The number of hydrogen-bond donors (Lipinski definition) is 1. The van der Waals surface area contributed by atoms with E-state index in [0.29, 0.717) is 19.0 Å². The van der Waals surface area contributed by atoms with Crippen molar-refractivity contribution in [2.24, 2.45) is 16.1 Å². The van der Waals surface area contributed by atoms with Crippen LogP contribution in [0.4, 0.5) is 0 Å². The minimum Gasteiger partial charge on any atom is -0.325 e. The molecule has 1 aliphatic carbocycles. The number of benzene rings is 1. The maximum atomic E-state index is 12.5. The Morgan fingerprint density at radius 2 is 2.04 bits per heavy atom. The minimum atomic E-state index is -0.605. The molecule has 0 radical (unpaired) electrons. The molecular weight excluding hydrogens is 364 g/mol. The molecule has 3 aliphatic rings. The molecule has 144 valence electrons. The number of likely N-dealkylation sites (tertiary alicyclic amines) is 1. The topological polar surface area (TPSA) is 98.1 Å². The fourth-order valence-electron chi connectivity index (χ4n) is 3.74. The molecule has 8 heteroatoms. The number of amides is 1. The van der Waals surface area contributed by atoms with Gasteiger partial charge < -0.3 is 10.6 Å². The number of halogens is 1. The van der Waals surface area contributed by atoms with Crippen LogP contribution in [0.25, 0.3) is 0 Å². The fourth-order valence-corrected chi connectivity index (χ4v) is 3.74. The molecule has 2 fully saturated rings. The van der Waals surface area contributed by atoms with Crippen LogP contribution in [-0.2, 0) is 11.2 Å². The van der Waals surface area contributed by atoms with Crippen LogP contribution in [0, 0.1) is 11.3 Å². The van der Waals surface area contributed by atoms with Crippen molar-refractivity contribution in [2.45, 2.75) is 56.3 Å². The van der Waals surface area contributed by atoms with E-state index in [1.54, 1.807) is 4.90 Å². The van der Waals surface area contributed by atoms with E-state index in [0.717, 1.165) is 30.5 Å². The first-order valence-corrected chi connectivity index (χ1v) is 9.37. The van der Waals surface area contributed by atoms with Gasteiger partial charge in [0.2, 0.25) is 5.91 Å². The third-order valence-electron chi connectivity index (χ3n) is 5.46. The van der Waals surface area contributed by atoms with Gasteiger partial charge in [-0.3, -0.25) is 9.80 Å². The van der Waals surface area contributed by atoms with Gasteiger partial charge >= 0.3 is 0 Å². The van der Waals surface area contributed by atoms with Crippen LogP contribution in [0.15, 0.2) is 34.6 Å². The fraction of sp³-hybridized carbons (Fsp3) is 0.579. The molecule has 0 spiro atoms. The van der Waals surface area contributed by atoms with Crippen LogP contribution in [-0.4, -0.2) is 47.0 Å². The molecule has 2 aliphatic heterocycles. The molecule has 3 atom stereocenters. The van der Waals surface area contributed by atoms with Crippen molar-refractivity contribution in [3.8, 4) is 6.07 Å². The number of carbonyl (C=O) groups excluding carboxylic acids is 1. The second-order valence-electron chi connectivity index (χ2n) is 7.44. The first kappa shape index (κ1) is 19.6. The van der Waals surface area contributed by atoms with Gasteiger partial charge in [-0.25, -0.2) is 0 Å². The molecule has 1 saturated carbocycles. The lowest BCUT2D eigenvalue weighted by molar-refractivity contribution is -0.132. The van der Waals surface area contributed by atoms with Crippen LogP contribution in [0.1, 0.15) is 42.9 Å². The average Bonchev–Trinajstić information content (AvgIpc) is 3.21. The Labute approximate surface area is 165 Å². The van der Waals surface area contributed by atoms with E-state index in [1.165, 1.54) is 12.8 Å². The summed E-state index contributed by atoms with van der Waals surface area (Å²) in [5.74, 6) is -0.122. The lowest BCUT2D eigenvalue weighted by Crippen LogP contribution is -2.46. The summed E-state index contributed by atoms with van der Waals surface area (Å²) < 4.78 is 0. The van der Waals surface area contributed by atoms with Crippen molar-refractivity contribution < 1.29 is 4.79 Å². The molecule has 2 N–H and O–H groups in total. The predicted octanol–water partition coefficient (Wildman–Crippen LogP) is 2.38. The maximum Gasteiger partial charge on any atom is 0.240 e. The summed E-state index contributed by atoms with van der Waals surface area (Å²) in [6, 6.07) is 10.1. The molecule has 1 aromatic rings. The van der Waals surface area contributed by atoms with Gasteiger partial charge in [-0.05, 0) is 43.2 Å². The molecule has 4 rings (SSSR count). The van der Waals surface area contributed by atoms with E-state index in [2.05, 4.69) is 33.5 Å². The van der Waals surface area contributed by atoms with Gasteiger partial charge in [-0.1, -0.05) is 29.5 Å². The average molecular weight is 389 g/mol. The van der Waals surface area contributed by atoms with Gasteiger partial charge in [0, 0.05) is 12.6 Å². The van der Waals surface area contributed by atoms with Gasteiger partial charge in [0.25, 0.3) is 0 Å². The van der Waals surface area contributed by atoms with E-state index in [-0.39, 0.29) is 30.4 Å². The molecule has 0 bridgehead atoms. The highest BCUT2D eigenvalue weighted by Gasteiger charge is 2.34. The Bertz CT molecular complexity index is 742. The molecule has 7 nitrogen and oxygen atoms in total. The van der Waals surface area contributed by atoms with E-state index in [4.69, 9.17) is 11.0 Å². The molecule has 1 aromatic carbocycles. The number of hydrogen-bond acceptors (Lipinski definition) is 6. The van der Waals surface area contributed by atoms with Crippen LogP contribution in [0.5, 0.6) is 0 Å². The molecule has 2 heterocycles.